The highest BCUT2D eigenvalue weighted by Crippen LogP contribution is 2.28. The average Bonchev–Trinajstić information content (AvgIpc) is 2.82. The molecule has 192 valence electrons. The predicted molar refractivity (Wildman–Crippen MR) is 132 cm³/mol. The molecule has 0 saturated carbocycles. The maximum absolute atomic E-state index is 14.7. The van der Waals surface area contributed by atoms with Gasteiger partial charge in [0.2, 0.25) is 5.88 Å². The zero-order chi connectivity index (χ0) is 27.1. The second kappa shape index (κ2) is 10.0. The van der Waals surface area contributed by atoms with Crippen molar-refractivity contribution in [1.29, 1.82) is 0 Å². The molecular weight excluding hydrogens is 555 g/mol. The normalized spacial score (nSPS) is 11.6. The second-order valence-corrected chi connectivity index (χ2v) is 9.53. The van der Waals surface area contributed by atoms with Crippen LogP contribution in [-0.2, 0) is 12.2 Å². The lowest BCUT2D eigenvalue weighted by atomic mass is 10.1. The molecule has 3 heterocycles. The molecule has 1 N–H and O–H groups in total. The molecule has 1 aromatic carbocycles. The fourth-order valence-corrected chi connectivity index (χ4v) is 3.89. The number of aliphatic hydroxyl groups is 1. The SMILES string of the molecule is Cc1ccc(-c2nc(C(C)(C)O)ncc2F)cc1-n1c(C)nc(OCc2ncc(F)cc2F)c(Br)c1=O. The Bertz CT molecular complexity index is 1570. The monoisotopic (exact) mass is 575 g/mol. The predicted octanol–water partition coefficient (Wildman–Crippen LogP) is 4.69. The van der Waals surface area contributed by atoms with E-state index in [-0.39, 0.29) is 40.0 Å². The Morgan fingerprint density at radius 2 is 1.78 bits per heavy atom. The zero-order valence-corrected chi connectivity index (χ0v) is 21.8. The van der Waals surface area contributed by atoms with Crippen LogP contribution in [0.15, 0.2) is 45.9 Å². The Labute approximate surface area is 218 Å². The first-order valence-electron chi connectivity index (χ1n) is 11.0. The topological polar surface area (TPSA) is 103 Å². The first kappa shape index (κ1) is 26.4. The van der Waals surface area contributed by atoms with Crippen LogP contribution >= 0.6 is 15.9 Å². The highest BCUT2D eigenvalue weighted by atomic mass is 79.9. The van der Waals surface area contributed by atoms with Crippen LogP contribution in [0.2, 0.25) is 0 Å². The molecule has 0 bridgehead atoms. The Morgan fingerprint density at radius 1 is 1.05 bits per heavy atom. The summed E-state index contributed by atoms with van der Waals surface area (Å²) in [7, 11) is 0. The fraction of sp³-hybridized carbons (Fsp3) is 0.240. The van der Waals surface area contributed by atoms with Gasteiger partial charge in [-0.1, -0.05) is 12.1 Å². The molecule has 0 fully saturated rings. The van der Waals surface area contributed by atoms with Gasteiger partial charge in [0, 0.05) is 11.6 Å². The number of aromatic nitrogens is 5. The van der Waals surface area contributed by atoms with Crippen LogP contribution in [0.25, 0.3) is 16.9 Å². The molecule has 0 unspecified atom stereocenters. The van der Waals surface area contributed by atoms with Crippen LogP contribution in [0.5, 0.6) is 5.88 Å². The summed E-state index contributed by atoms with van der Waals surface area (Å²) in [6, 6.07) is 5.60. The van der Waals surface area contributed by atoms with Gasteiger partial charge in [-0.15, -0.1) is 0 Å². The maximum atomic E-state index is 14.7. The Balaban J connectivity index is 1.75. The van der Waals surface area contributed by atoms with Crippen molar-refractivity contribution < 1.29 is 23.0 Å². The van der Waals surface area contributed by atoms with E-state index in [0.717, 1.165) is 12.4 Å². The van der Waals surface area contributed by atoms with Gasteiger partial charge in [-0.05, 0) is 55.3 Å². The average molecular weight is 576 g/mol. The zero-order valence-electron chi connectivity index (χ0n) is 20.2. The smallest absolute Gasteiger partial charge is 0.276 e. The van der Waals surface area contributed by atoms with Gasteiger partial charge in [0.1, 0.15) is 39.7 Å². The van der Waals surface area contributed by atoms with Crippen molar-refractivity contribution >= 4 is 15.9 Å². The third kappa shape index (κ3) is 5.39. The van der Waals surface area contributed by atoms with Crippen LogP contribution in [0, 0.1) is 31.3 Å². The van der Waals surface area contributed by atoms with E-state index in [1.54, 1.807) is 32.0 Å². The molecule has 3 aromatic heterocycles. The van der Waals surface area contributed by atoms with E-state index in [4.69, 9.17) is 4.74 Å². The largest absolute Gasteiger partial charge is 0.470 e. The number of hydrogen-bond donors (Lipinski definition) is 1. The van der Waals surface area contributed by atoms with E-state index in [1.807, 2.05) is 0 Å². The summed E-state index contributed by atoms with van der Waals surface area (Å²) in [5.41, 5.74) is -0.666. The molecule has 8 nitrogen and oxygen atoms in total. The minimum atomic E-state index is -1.39. The lowest BCUT2D eigenvalue weighted by Crippen LogP contribution is -2.24. The number of benzene rings is 1. The molecule has 12 heteroatoms. The van der Waals surface area contributed by atoms with Crippen molar-refractivity contribution in [2.75, 3.05) is 0 Å². The van der Waals surface area contributed by atoms with Gasteiger partial charge >= 0.3 is 0 Å². The van der Waals surface area contributed by atoms with Gasteiger partial charge in [0.15, 0.2) is 17.5 Å². The quantitative estimate of drug-likeness (QED) is 0.356. The summed E-state index contributed by atoms with van der Waals surface area (Å²) in [6.45, 7) is 5.93. The van der Waals surface area contributed by atoms with Crippen LogP contribution in [-0.4, -0.2) is 29.6 Å². The number of hydrogen-bond acceptors (Lipinski definition) is 7. The van der Waals surface area contributed by atoms with Crippen LogP contribution in [0.1, 0.15) is 36.8 Å². The molecule has 0 aliphatic carbocycles. The first-order chi connectivity index (χ1) is 17.4. The van der Waals surface area contributed by atoms with E-state index < -0.39 is 28.6 Å². The molecule has 37 heavy (non-hydrogen) atoms. The Kier molecular flexibility index (Phi) is 7.16. The Hall–Kier alpha value is -3.64. The highest BCUT2D eigenvalue weighted by molar-refractivity contribution is 9.10. The van der Waals surface area contributed by atoms with E-state index in [9.17, 15) is 23.1 Å². The van der Waals surface area contributed by atoms with Crippen molar-refractivity contribution in [3.05, 3.63) is 91.8 Å². The summed E-state index contributed by atoms with van der Waals surface area (Å²) in [5.74, 6) is -2.24. The van der Waals surface area contributed by atoms with Crippen molar-refractivity contribution in [3.63, 3.8) is 0 Å². The summed E-state index contributed by atoms with van der Waals surface area (Å²) < 4.78 is 48.4. The van der Waals surface area contributed by atoms with Gasteiger partial charge in [0.05, 0.1) is 18.1 Å². The number of rotatable bonds is 6. The molecule has 0 amide bonds. The minimum absolute atomic E-state index is 0.0389. The van der Waals surface area contributed by atoms with Crippen molar-refractivity contribution in [1.82, 2.24) is 24.5 Å². The van der Waals surface area contributed by atoms with Gasteiger partial charge in [-0.25, -0.2) is 23.1 Å². The second-order valence-electron chi connectivity index (χ2n) is 8.74. The number of nitrogens with zero attached hydrogens (tertiary/aromatic N) is 5. The highest BCUT2D eigenvalue weighted by Gasteiger charge is 2.23. The third-order valence-electron chi connectivity index (χ3n) is 5.41. The molecule has 0 atom stereocenters. The number of ether oxygens (including phenoxy) is 1. The van der Waals surface area contributed by atoms with E-state index >= 15 is 0 Å². The molecule has 4 aromatic rings. The summed E-state index contributed by atoms with van der Waals surface area (Å²) in [5, 5.41) is 10.2. The standard InChI is InChI=1S/C25H21BrF3N5O3/c1-12-5-6-14(21-17(29)10-31-24(33-21)25(3,4)36)7-19(12)34-13(2)32-22(20(26)23(34)35)37-11-18-16(28)8-15(27)9-30-18/h5-10,36H,11H2,1-4H3. The third-order valence-corrected chi connectivity index (χ3v) is 6.09. The van der Waals surface area contributed by atoms with Gasteiger partial charge in [-0.3, -0.25) is 14.3 Å². The number of pyridine rings is 1. The molecule has 0 aliphatic rings. The lowest BCUT2D eigenvalue weighted by Gasteiger charge is -2.18. The van der Waals surface area contributed by atoms with Gasteiger partial charge < -0.3 is 9.84 Å². The molecule has 0 aliphatic heterocycles. The van der Waals surface area contributed by atoms with Crippen LogP contribution in [0.4, 0.5) is 13.2 Å². The minimum Gasteiger partial charge on any atom is -0.470 e. The lowest BCUT2D eigenvalue weighted by molar-refractivity contribution is 0.0686. The molecule has 0 saturated heterocycles. The van der Waals surface area contributed by atoms with Crippen molar-refractivity contribution in [2.24, 2.45) is 0 Å². The molecule has 0 spiro atoms. The molecule has 4 rings (SSSR count). The van der Waals surface area contributed by atoms with Crippen LogP contribution in [0.3, 0.4) is 0 Å². The Morgan fingerprint density at radius 3 is 2.46 bits per heavy atom. The van der Waals surface area contributed by atoms with Gasteiger partial charge in [0.25, 0.3) is 5.56 Å². The number of aryl methyl sites for hydroxylation is 2. The molecule has 0 radical (unpaired) electrons. The molecular formula is C25H21BrF3N5O3. The van der Waals surface area contributed by atoms with Crippen LogP contribution < -0.4 is 10.3 Å². The first-order valence-corrected chi connectivity index (χ1v) is 11.7. The van der Waals surface area contributed by atoms with E-state index in [0.29, 0.717) is 22.9 Å². The summed E-state index contributed by atoms with van der Waals surface area (Å²) in [4.78, 5) is 29.3. The van der Waals surface area contributed by atoms with Crippen molar-refractivity contribution in [3.8, 4) is 22.8 Å². The van der Waals surface area contributed by atoms with E-state index in [1.165, 1.54) is 18.4 Å². The van der Waals surface area contributed by atoms with Gasteiger partial charge in [-0.2, -0.15) is 4.98 Å². The number of halogens is 4. The maximum Gasteiger partial charge on any atom is 0.276 e. The van der Waals surface area contributed by atoms with Crippen molar-refractivity contribution in [2.45, 2.75) is 39.9 Å². The summed E-state index contributed by atoms with van der Waals surface area (Å²) in [6.07, 6.45) is 1.84. The fourth-order valence-electron chi connectivity index (χ4n) is 3.51. The van der Waals surface area contributed by atoms with E-state index in [2.05, 4.69) is 35.9 Å². The summed E-state index contributed by atoms with van der Waals surface area (Å²) >= 11 is 3.19.